The second-order valence-electron chi connectivity index (χ2n) is 12.3. The molecule has 11 rings (SSSR count). The normalized spacial score (nSPS) is 14.9. The highest BCUT2D eigenvalue weighted by Crippen LogP contribution is 2.49. The first-order valence-electron chi connectivity index (χ1n) is 15.9. The molecule has 47 heavy (non-hydrogen) atoms. The van der Waals surface area contributed by atoms with Crippen molar-refractivity contribution in [1.29, 1.82) is 0 Å². The fraction of sp³-hybridized carbons (Fsp3) is 0.0238. The molecule has 10 aromatic rings. The second-order valence-corrected chi connectivity index (χ2v) is 14.4. The largest absolute Gasteiger partial charge is 0.358 e. The molecule has 0 radical (unpaired) electrons. The number of hydrogen-bond donors (Lipinski definition) is 1. The average molecular weight is 636 g/mol. The quantitative estimate of drug-likeness (QED) is 0.191. The smallest absolute Gasteiger partial charge is 0.155 e. The highest BCUT2D eigenvalue weighted by atomic mass is 32.1. The Morgan fingerprint density at radius 2 is 1.15 bits per heavy atom. The maximum absolute atomic E-state index is 5.71. The monoisotopic (exact) mass is 635 g/mol. The molecule has 4 heterocycles. The third-order valence-corrected chi connectivity index (χ3v) is 12.2. The van der Waals surface area contributed by atoms with Gasteiger partial charge in [-0.2, -0.15) is 0 Å². The van der Waals surface area contributed by atoms with Crippen LogP contribution in [0.3, 0.4) is 0 Å². The Kier molecular flexibility index (Phi) is 5.20. The Balaban J connectivity index is 1.34. The number of fused-ring (bicyclic) bond motifs is 14. The first-order valence-corrected chi connectivity index (χ1v) is 17.6. The molecular weight excluding hydrogens is 611 g/mol. The standard InChI is InChI=1S/C42H25N3S2/c1-2-14-25-24(12-1)13-11-20-28(25)41-43-37-31-19-7-10-23-34(31)47-40(37)42(44-41)45-32-21-8-5-17-29(32)35-26-15-3-4-16-27(26)36-30-18-6-9-22-33(30)46-39(36)38(35)45/h1-23,41,43H. The number of rotatable bonds is 1. The third kappa shape index (κ3) is 3.47. The number of anilines is 1. The van der Waals surface area contributed by atoms with Gasteiger partial charge in [0.2, 0.25) is 0 Å². The van der Waals surface area contributed by atoms with Crippen molar-refractivity contribution >= 4 is 108 Å². The second kappa shape index (κ2) is 9.52. The van der Waals surface area contributed by atoms with Gasteiger partial charge in [-0.1, -0.05) is 121 Å². The van der Waals surface area contributed by atoms with E-state index < -0.39 is 0 Å². The van der Waals surface area contributed by atoms with E-state index in [4.69, 9.17) is 4.99 Å². The Hall–Kier alpha value is -5.49. The molecule has 220 valence electrons. The van der Waals surface area contributed by atoms with Gasteiger partial charge < -0.3 is 5.32 Å². The van der Waals surface area contributed by atoms with Crippen LogP contribution < -0.4 is 5.32 Å². The molecule has 0 amide bonds. The molecule has 1 unspecified atom stereocenters. The molecule has 0 aliphatic carbocycles. The number of benzene rings is 7. The molecule has 1 aliphatic rings. The molecule has 3 aromatic heterocycles. The number of hydrogen-bond acceptors (Lipinski definition) is 4. The van der Waals surface area contributed by atoms with Crippen LogP contribution >= 0.6 is 22.7 Å². The lowest BCUT2D eigenvalue weighted by molar-refractivity contribution is 0.831. The third-order valence-electron chi connectivity index (χ3n) is 9.81. The predicted octanol–water partition coefficient (Wildman–Crippen LogP) is 12.1. The number of nitrogens with zero attached hydrogens (tertiary/aromatic N) is 2. The van der Waals surface area contributed by atoms with E-state index in [9.17, 15) is 0 Å². The first kappa shape index (κ1) is 25.7. The number of aliphatic imine (C=N–C) groups is 1. The van der Waals surface area contributed by atoms with Crippen molar-refractivity contribution in [2.24, 2.45) is 4.99 Å². The molecule has 3 nitrogen and oxygen atoms in total. The molecule has 0 bridgehead atoms. The zero-order chi connectivity index (χ0) is 30.6. The van der Waals surface area contributed by atoms with E-state index in [0.717, 1.165) is 11.5 Å². The minimum Gasteiger partial charge on any atom is -0.358 e. The molecule has 0 saturated heterocycles. The summed E-state index contributed by atoms with van der Waals surface area (Å²) in [6, 6.07) is 50.7. The molecule has 1 aliphatic heterocycles. The highest BCUT2D eigenvalue weighted by molar-refractivity contribution is 7.27. The zero-order valence-corrected chi connectivity index (χ0v) is 26.7. The molecule has 1 atom stereocenters. The summed E-state index contributed by atoms with van der Waals surface area (Å²) in [5, 5.41) is 15.4. The van der Waals surface area contributed by atoms with Gasteiger partial charge in [-0.15, -0.1) is 22.7 Å². The lowest BCUT2D eigenvalue weighted by atomic mass is 9.99. The number of para-hydroxylation sites is 1. The van der Waals surface area contributed by atoms with Gasteiger partial charge in [0.25, 0.3) is 0 Å². The maximum atomic E-state index is 5.71. The van der Waals surface area contributed by atoms with Crippen molar-refractivity contribution in [2.75, 3.05) is 5.32 Å². The van der Waals surface area contributed by atoms with Crippen molar-refractivity contribution in [2.45, 2.75) is 6.17 Å². The van der Waals surface area contributed by atoms with Crippen molar-refractivity contribution in [1.82, 2.24) is 4.57 Å². The molecule has 0 saturated carbocycles. The van der Waals surface area contributed by atoms with Gasteiger partial charge in [0, 0.05) is 41.9 Å². The van der Waals surface area contributed by atoms with E-state index >= 15 is 0 Å². The van der Waals surface area contributed by atoms with Crippen molar-refractivity contribution < 1.29 is 0 Å². The fourth-order valence-corrected chi connectivity index (χ4v) is 10.2. The number of thiophene rings is 2. The Labute approximate surface area is 277 Å². The molecule has 0 fully saturated rings. The van der Waals surface area contributed by atoms with Crippen molar-refractivity contribution in [3.63, 3.8) is 0 Å². The van der Waals surface area contributed by atoms with Crippen molar-refractivity contribution in [3.8, 4) is 0 Å². The SMILES string of the molecule is c1ccc2c(C3N=C(n4c5ccccc5c5c6ccccc6c6c7ccccc7sc6c54)c4sc5ccccc5c4N3)cccc2c1. The van der Waals surface area contributed by atoms with Gasteiger partial charge in [-0.05, 0) is 39.7 Å². The summed E-state index contributed by atoms with van der Waals surface area (Å²) >= 11 is 3.72. The average Bonchev–Trinajstić information content (AvgIpc) is 3.81. The minimum atomic E-state index is -0.254. The topological polar surface area (TPSA) is 29.3 Å². The Morgan fingerprint density at radius 1 is 0.532 bits per heavy atom. The van der Waals surface area contributed by atoms with Crippen LogP contribution in [0.15, 0.2) is 145 Å². The molecule has 5 heteroatoms. The highest BCUT2D eigenvalue weighted by Gasteiger charge is 2.31. The van der Waals surface area contributed by atoms with Crippen LogP contribution in [-0.4, -0.2) is 10.4 Å². The summed E-state index contributed by atoms with van der Waals surface area (Å²) in [6.07, 6.45) is -0.254. The van der Waals surface area contributed by atoms with E-state index in [0.29, 0.717) is 0 Å². The number of nitrogens with one attached hydrogen (secondary N) is 1. The van der Waals surface area contributed by atoms with E-state index in [1.165, 1.54) is 84.0 Å². The summed E-state index contributed by atoms with van der Waals surface area (Å²) in [7, 11) is 0. The predicted molar refractivity (Wildman–Crippen MR) is 204 cm³/mol. The van der Waals surface area contributed by atoms with E-state index in [2.05, 4.69) is 149 Å². The molecule has 7 aromatic carbocycles. The van der Waals surface area contributed by atoms with Crippen LogP contribution in [0.4, 0.5) is 5.69 Å². The van der Waals surface area contributed by atoms with Gasteiger partial charge in [0.1, 0.15) is 6.17 Å². The van der Waals surface area contributed by atoms with Gasteiger partial charge in [0.05, 0.1) is 26.3 Å². The van der Waals surface area contributed by atoms with E-state index in [1.54, 1.807) is 0 Å². The van der Waals surface area contributed by atoms with Crippen LogP contribution in [0.2, 0.25) is 0 Å². The Bertz CT molecular complexity index is 2950. The van der Waals surface area contributed by atoms with Crippen LogP contribution in [0.1, 0.15) is 16.6 Å². The summed E-state index contributed by atoms with van der Waals surface area (Å²) in [5.41, 5.74) is 4.76. The van der Waals surface area contributed by atoms with Gasteiger partial charge >= 0.3 is 0 Å². The van der Waals surface area contributed by atoms with Crippen molar-refractivity contribution in [3.05, 3.63) is 150 Å². The molecular formula is C42H25N3S2. The van der Waals surface area contributed by atoms with E-state index in [-0.39, 0.29) is 6.17 Å². The van der Waals surface area contributed by atoms with Gasteiger partial charge in [-0.3, -0.25) is 4.57 Å². The summed E-state index contributed by atoms with van der Waals surface area (Å²) < 4.78 is 6.36. The zero-order valence-electron chi connectivity index (χ0n) is 25.1. The van der Waals surface area contributed by atoms with Crippen LogP contribution in [-0.2, 0) is 0 Å². The van der Waals surface area contributed by atoms with Crippen LogP contribution in [0.25, 0.3) is 73.6 Å². The first-order chi connectivity index (χ1) is 23.3. The van der Waals surface area contributed by atoms with Gasteiger partial charge in [0.15, 0.2) is 5.84 Å². The van der Waals surface area contributed by atoms with Crippen LogP contribution in [0, 0.1) is 0 Å². The molecule has 1 N–H and O–H groups in total. The summed E-state index contributed by atoms with van der Waals surface area (Å²) in [5.74, 6) is 0.998. The fourth-order valence-electron chi connectivity index (χ4n) is 7.84. The van der Waals surface area contributed by atoms with E-state index in [1.807, 2.05) is 22.7 Å². The summed E-state index contributed by atoms with van der Waals surface area (Å²) in [4.78, 5) is 6.88. The minimum absolute atomic E-state index is 0.254. The Morgan fingerprint density at radius 3 is 1.98 bits per heavy atom. The van der Waals surface area contributed by atoms with Gasteiger partial charge in [-0.25, -0.2) is 4.99 Å². The molecule has 0 spiro atoms. The summed E-state index contributed by atoms with van der Waals surface area (Å²) in [6.45, 7) is 0. The lowest BCUT2D eigenvalue weighted by Gasteiger charge is -2.26. The lowest BCUT2D eigenvalue weighted by Crippen LogP contribution is -2.23. The number of aromatic nitrogens is 1. The van der Waals surface area contributed by atoms with Crippen LogP contribution in [0.5, 0.6) is 0 Å². The maximum Gasteiger partial charge on any atom is 0.155 e.